The van der Waals surface area contributed by atoms with Gasteiger partial charge in [0, 0.05) is 6.42 Å². The quantitative estimate of drug-likeness (QED) is 0.473. The van der Waals surface area contributed by atoms with Crippen LogP contribution in [0.25, 0.3) is 0 Å². The van der Waals surface area contributed by atoms with E-state index in [1.807, 2.05) is 27.7 Å². The van der Waals surface area contributed by atoms with Gasteiger partial charge in [0.2, 0.25) is 0 Å². The van der Waals surface area contributed by atoms with Crippen LogP contribution in [0.2, 0.25) is 0 Å². The Labute approximate surface area is 124 Å². The number of carbonyl (C=O) groups excluding carboxylic acids is 2. The highest BCUT2D eigenvalue weighted by molar-refractivity contribution is 5.71. The molecule has 0 fully saturated rings. The summed E-state index contributed by atoms with van der Waals surface area (Å²) in [6, 6.07) is 0. The molecule has 0 aromatic rings. The first-order chi connectivity index (χ1) is 9.49. The Morgan fingerprint density at radius 1 is 0.850 bits per heavy atom. The molecule has 0 aliphatic carbocycles. The largest absolute Gasteiger partial charge is 0.466 e. The fourth-order valence-electron chi connectivity index (χ4n) is 1.18. The van der Waals surface area contributed by atoms with Crippen molar-refractivity contribution in [1.29, 1.82) is 0 Å². The van der Waals surface area contributed by atoms with E-state index in [2.05, 4.69) is 6.92 Å². The van der Waals surface area contributed by atoms with Gasteiger partial charge < -0.3 is 9.47 Å². The van der Waals surface area contributed by atoms with Crippen LogP contribution in [0.4, 0.5) is 0 Å². The first-order valence-corrected chi connectivity index (χ1v) is 7.81. The van der Waals surface area contributed by atoms with Crippen LogP contribution in [0, 0.1) is 5.92 Å². The average molecular weight is 288 g/mol. The van der Waals surface area contributed by atoms with Gasteiger partial charge in [-0.15, -0.1) is 0 Å². The number of carbonyl (C=O) groups is 2. The summed E-state index contributed by atoms with van der Waals surface area (Å²) in [4.78, 5) is 21.5. The van der Waals surface area contributed by atoms with Gasteiger partial charge in [0.25, 0.3) is 0 Å². The van der Waals surface area contributed by atoms with Gasteiger partial charge in [0.1, 0.15) is 0 Å². The lowest BCUT2D eigenvalue weighted by Crippen LogP contribution is -2.11. The number of hydrogen-bond donors (Lipinski definition) is 0. The summed E-state index contributed by atoms with van der Waals surface area (Å²) in [5.74, 6) is -0.131. The third-order valence-electron chi connectivity index (χ3n) is 2.37. The summed E-state index contributed by atoms with van der Waals surface area (Å²) in [5.41, 5.74) is 0. The molecule has 0 N–H and O–H groups in total. The van der Waals surface area contributed by atoms with Crippen LogP contribution in [-0.4, -0.2) is 25.2 Å². The maximum absolute atomic E-state index is 10.9. The third kappa shape index (κ3) is 16.9. The van der Waals surface area contributed by atoms with Crippen molar-refractivity contribution in [2.24, 2.45) is 5.92 Å². The molecule has 0 unspecified atom stereocenters. The summed E-state index contributed by atoms with van der Waals surface area (Å²) in [6.07, 6.45) is 5.66. The molecular formula is C16H32O4. The molecule has 0 aliphatic heterocycles. The first-order valence-electron chi connectivity index (χ1n) is 7.81. The van der Waals surface area contributed by atoms with Crippen molar-refractivity contribution < 1.29 is 19.1 Å². The van der Waals surface area contributed by atoms with Crippen molar-refractivity contribution in [3.63, 3.8) is 0 Å². The molecule has 20 heavy (non-hydrogen) atoms. The lowest BCUT2D eigenvalue weighted by atomic mass is 10.2. The van der Waals surface area contributed by atoms with Crippen molar-refractivity contribution in [2.75, 3.05) is 13.2 Å². The topological polar surface area (TPSA) is 52.6 Å². The van der Waals surface area contributed by atoms with Crippen molar-refractivity contribution >= 4 is 11.9 Å². The minimum absolute atomic E-state index is 0.0107. The van der Waals surface area contributed by atoms with E-state index in [0.717, 1.165) is 32.1 Å². The molecule has 0 amide bonds. The highest BCUT2D eigenvalue weighted by Gasteiger charge is 2.05. The maximum Gasteiger partial charge on any atom is 0.308 e. The van der Waals surface area contributed by atoms with Crippen molar-refractivity contribution in [3.8, 4) is 0 Å². The monoisotopic (exact) mass is 288 g/mol. The summed E-state index contributed by atoms with van der Waals surface area (Å²) in [7, 11) is 0. The Bertz CT molecular complexity index is 237. The van der Waals surface area contributed by atoms with Gasteiger partial charge >= 0.3 is 11.9 Å². The van der Waals surface area contributed by atoms with Crippen LogP contribution in [0.1, 0.15) is 73.1 Å². The number of unbranched alkanes of at least 4 members (excludes halogenated alkanes) is 2. The maximum atomic E-state index is 10.9. The lowest BCUT2D eigenvalue weighted by molar-refractivity contribution is -0.147. The van der Waals surface area contributed by atoms with Gasteiger partial charge in [-0.1, -0.05) is 47.5 Å². The van der Waals surface area contributed by atoms with E-state index in [1.165, 1.54) is 0 Å². The Kier molecular flexibility index (Phi) is 17.0. The van der Waals surface area contributed by atoms with Crippen LogP contribution in [0.15, 0.2) is 0 Å². The van der Waals surface area contributed by atoms with Crippen LogP contribution >= 0.6 is 0 Å². The van der Waals surface area contributed by atoms with Crippen LogP contribution in [-0.2, 0) is 19.1 Å². The molecule has 0 saturated heterocycles. The summed E-state index contributed by atoms with van der Waals surface area (Å²) in [5, 5.41) is 0. The predicted molar refractivity (Wildman–Crippen MR) is 81.5 cm³/mol. The van der Waals surface area contributed by atoms with E-state index in [0.29, 0.717) is 19.6 Å². The molecular weight excluding hydrogens is 256 g/mol. The van der Waals surface area contributed by atoms with Gasteiger partial charge in [0.05, 0.1) is 19.1 Å². The Balaban J connectivity index is 0. The van der Waals surface area contributed by atoms with E-state index >= 15 is 0 Å². The van der Waals surface area contributed by atoms with E-state index in [1.54, 1.807) is 0 Å². The van der Waals surface area contributed by atoms with Crippen LogP contribution in [0.5, 0.6) is 0 Å². The summed E-state index contributed by atoms with van der Waals surface area (Å²) in [6.45, 7) is 10.9. The fraction of sp³-hybridized carbons (Fsp3) is 0.875. The Morgan fingerprint density at radius 2 is 1.40 bits per heavy atom. The zero-order valence-electron chi connectivity index (χ0n) is 13.9. The van der Waals surface area contributed by atoms with Gasteiger partial charge in [-0.05, 0) is 19.3 Å². The lowest BCUT2D eigenvalue weighted by Gasteiger charge is -2.03. The smallest absolute Gasteiger partial charge is 0.308 e. The van der Waals surface area contributed by atoms with Crippen LogP contribution in [0.3, 0.4) is 0 Å². The van der Waals surface area contributed by atoms with Crippen molar-refractivity contribution in [3.05, 3.63) is 0 Å². The second-order valence-corrected chi connectivity index (χ2v) is 5.00. The second-order valence-electron chi connectivity index (χ2n) is 5.00. The standard InChI is InChI=1S/C9H18O2.C7H14O2/c1-3-5-6-7-9(10)11-8-4-2;1-4-5-9-7(8)6(2)3/h3-8H2,1-2H3;6H,4-5H2,1-3H3. The molecule has 0 atom stereocenters. The number of ether oxygens (including phenoxy) is 2. The molecule has 4 heteroatoms. The number of hydrogen-bond acceptors (Lipinski definition) is 4. The Hall–Kier alpha value is -1.06. The molecule has 0 saturated carbocycles. The molecule has 0 rings (SSSR count). The molecule has 4 nitrogen and oxygen atoms in total. The second kappa shape index (κ2) is 16.0. The molecule has 0 spiro atoms. The molecule has 0 aliphatic rings. The van der Waals surface area contributed by atoms with Gasteiger partial charge in [-0.2, -0.15) is 0 Å². The highest BCUT2D eigenvalue weighted by Crippen LogP contribution is 2.00. The average Bonchev–Trinajstić information content (AvgIpc) is 2.43. The minimum atomic E-state index is -0.100. The minimum Gasteiger partial charge on any atom is -0.466 e. The summed E-state index contributed by atoms with van der Waals surface area (Å²) >= 11 is 0. The Morgan fingerprint density at radius 3 is 1.85 bits per heavy atom. The van der Waals surface area contributed by atoms with Crippen molar-refractivity contribution in [2.45, 2.75) is 73.1 Å². The summed E-state index contributed by atoms with van der Waals surface area (Å²) < 4.78 is 9.71. The molecule has 0 aromatic carbocycles. The molecule has 0 heterocycles. The predicted octanol–water partition coefficient (Wildman–Crippen LogP) is 4.12. The van der Waals surface area contributed by atoms with Gasteiger partial charge in [0.15, 0.2) is 0 Å². The normalized spacial score (nSPS) is 9.70. The van der Waals surface area contributed by atoms with E-state index < -0.39 is 0 Å². The fourth-order valence-corrected chi connectivity index (χ4v) is 1.18. The van der Waals surface area contributed by atoms with E-state index in [9.17, 15) is 9.59 Å². The third-order valence-corrected chi connectivity index (χ3v) is 2.37. The first kappa shape index (κ1) is 21.2. The highest BCUT2D eigenvalue weighted by atomic mass is 16.5. The SMILES string of the molecule is CCCCCC(=O)OCCC.CCCOC(=O)C(C)C. The van der Waals surface area contributed by atoms with E-state index in [4.69, 9.17) is 9.47 Å². The molecule has 0 bridgehead atoms. The molecule has 0 radical (unpaired) electrons. The molecule has 120 valence electrons. The van der Waals surface area contributed by atoms with Crippen molar-refractivity contribution in [1.82, 2.24) is 0 Å². The van der Waals surface area contributed by atoms with Gasteiger partial charge in [-0.25, -0.2) is 0 Å². The number of esters is 2. The zero-order valence-corrected chi connectivity index (χ0v) is 13.9. The van der Waals surface area contributed by atoms with E-state index in [-0.39, 0.29) is 17.9 Å². The zero-order chi connectivity index (χ0) is 15.8. The van der Waals surface area contributed by atoms with Crippen LogP contribution < -0.4 is 0 Å². The number of rotatable bonds is 9. The van der Waals surface area contributed by atoms with Gasteiger partial charge in [-0.3, -0.25) is 9.59 Å². The molecule has 0 aromatic heterocycles.